The lowest BCUT2D eigenvalue weighted by atomic mass is 10.2. The minimum Gasteiger partial charge on any atom is -0.538 e. The number of hydrogen-bond donors (Lipinski definition) is 1. The number of thioether (sulfide) groups is 1. The van der Waals surface area contributed by atoms with Crippen LogP contribution >= 0.6 is 11.8 Å². The molecule has 0 saturated carbocycles. The first-order valence-electron chi connectivity index (χ1n) is 7.48. The average molecular weight is 351 g/mol. The zero-order chi connectivity index (χ0) is 17.1. The van der Waals surface area contributed by atoms with E-state index in [-0.39, 0.29) is 5.91 Å². The second-order valence-electron chi connectivity index (χ2n) is 5.15. The fourth-order valence-electron chi connectivity index (χ4n) is 2.23. The van der Waals surface area contributed by atoms with Crippen molar-refractivity contribution in [3.8, 4) is 17.4 Å². The first kappa shape index (κ1) is 16.4. The summed E-state index contributed by atoms with van der Waals surface area (Å²) in [5.41, 5.74) is 0.611. The van der Waals surface area contributed by atoms with Gasteiger partial charge < -0.3 is 24.4 Å². The number of amides is 1. The number of anilines is 1. The van der Waals surface area contributed by atoms with Gasteiger partial charge in [0.1, 0.15) is 13.2 Å². The van der Waals surface area contributed by atoms with Gasteiger partial charge in [-0.1, -0.05) is 11.6 Å². The number of aryl methyl sites for hydroxylation is 1. The van der Waals surface area contributed by atoms with Crippen molar-refractivity contribution in [3.63, 3.8) is 0 Å². The largest absolute Gasteiger partial charge is 0.538 e. The number of ether oxygens (including phenoxy) is 2. The number of carbonyl (C=O) groups excluding carboxylic acids is 1. The summed E-state index contributed by atoms with van der Waals surface area (Å²) in [4.78, 5) is 12.5. The van der Waals surface area contributed by atoms with Gasteiger partial charge in [0.2, 0.25) is 5.91 Å². The Hall–Kier alpha value is -2.42. The zero-order valence-electron chi connectivity index (χ0n) is 13.3. The molecule has 1 aliphatic rings. The molecule has 128 valence electrons. The third-order valence-corrected chi connectivity index (χ3v) is 4.93. The van der Waals surface area contributed by atoms with E-state index in [4.69, 9.17) is 9.47 Å². The maximum absolute atomic E-state index is 12.5. The number of carbonyl (C=O) groups is 1. The highest BCUT2D eigenvalue weighted by Crippen LogP contribution is 2.33. The summed E-state index contributed by atoms with van der Waals surface area (Å²) in [6.45, 7) is 2.87. The summed E-state index contributed by atoms with van der Waals surface area (Å²) in [5, 5.41) is 17.8. The Morgan fingerprint density at radius 3 is 2.83 bits per heavy atom. The van der Waals surface area contributed by atoms with Gasteiger partial charge in [0.15, 0.2) is 24.5 Å². The molecule has 0 aliphatic carbocycles. The second-order valence-corrected chi connectivity index (χ2v) is 6.34. The number of nitrogens with zero attached hydrogens (tertiary/aromatic N) is 2. The van der Waals surface area contributed by atoms with E-state index in [0.29, 0.717) is 41.8 Å². The molecule has 9 heteroatoms. The number of hydrogen-bond acceptors (Lipinski definition) is 7. The monoisotopic (exact) mass is 351 g/mol. The summed E-state index contributed by atoms with van der Waals surface area (Å²) >= 11 is 1.13. The molecule has 3 rings (SSSR count). The van der Waals surface area contributed by atoms with Gasteiger partial charge in [0, 0.05) is 11.8 Å². The molecule has 0 fully saturated rings. The van der Waals surface area contributed by atoms with Gasteiger partial charge in [-0.15, -0.1) is 0 Å². The van der Waals surface area contributed by atoms with Gasteiger partial charge in [-0.3, -0.25) is 4.79 Å². The van der Waals surface area contributed by atoms with Crippen LogP contribution in [-0.4, -0.2) is 29.6 Å². The van der Waals surface area contributed by atoms with Crippen LogP contribution in [0.1, 0.15) is 13.3 Å². The number of aromatic nitrogens is 2. The zero-order valence-corrected chi connectivity index (χ0v) is 14.1. The summed E-state index contributed by atoms with van der Waals surface area (Å²) < 4.78 is 16.9. The van der Waals surface area contributed by atoms with E-state index in [1.807, 2.05) is 6.92 Å². The average Bonchev–Trinajstić information content (AvgIpc) is 2.90. The van der Waals surface area contributed by atoms with Gasteiger partial charge in [0.05, 0.1) is 10.5 Å². The van der Waals surface area contributed by atoms with Gasteiger partial charge in [0.25, 0.3) is 5.03 Å². The van der Waals surface area contributed by atoms with Crippen molar-refractivity contribution in [1.82, 2.24) is 5.27 Å². The Bertz CT molecular complexity index is 729. The standard InChI is InChI=1S/C15H17N3O5S/c1-3-12(24-14-15(20)23-17-18(14)2)13(19)16-9-4-5-10-11(8-9)22-7-6-21-10/h4-5,8,12H,3,6-7H2,1-2H3,(H-,16,17,19,20). The van der Waals surface area contributed by atoms with Crippen LogP contribution in [0.4, 0.5) is 5.69 Å². The highest BCUT2D eigenvalue weighted by atomic mass is 32.2. The molecule has 24 heavy (non-hydrogen) atoms. The van der Waals surface area contributed by atoms with Crippen LogP contribution in [0.5, 0.6) is 17.4 Å². The smallest absolute Gasteiger partial charge is 0.291 e. The predicted molar refractivity (Wildman–Crippen MR) is 83.1 cm³/mol. The number of fused-ring (bicyclic) bond motifs is 1. The molecule has 1 unspecified atom stereocenters. The van der Waals surface area contributed by atoms with E-state index in [1.54, 1.807) is 25.2 Å². The van der Waals surface area contributed by atoms with Crippen molar-refractivity contribution < 1.29 is 28.6 Å². The maximum Gasteiger partial charge on any atom is 0.291 e. The first-order valence-corrected chi connectivity index (χ1v) is 8.36. The topological polar surface area (TPSA) is 101 Å². The van der Waals surface area contributed by atoms with Crippen molar-refractivity contribution in [3.05, 3.63) is 18.2 Å². The van der Waals surface area contributed by atoms with Crippen LogP contribution < -0.4 is 24.6 Å². The molecular formula is C15H17N3O5S. The Balaban J connectivity index is 1.70. The lowest BCUT2D eigenvalue weighted by Crippen LogP contribution is -2.34. The van der Waals surface area contributed by atoms with E-state index in [9.17, 15) is 9.90 Å². The molecule has 0 bridgehead atoms. The molecule has 1 aliphatic heterocycles. The quantitative estimate of drug-likeness (QED) is 0.629. The lowest BCUT2D eigenvalue weighted by Gasteiger charge is -2.19. The molecular weight excluding hydrogens is 334 g/mol. The maximum atomic E-state index is 12.5. The SMILES string of the molecule is CCC(Sc1c([O-])on[n+]1C)C(=O)Nc1ccc2c(c1)OCCO2. The van der Waals surface area contributed by atoms with E-state index >= 15 is 0 Å². The Labute approximate surface area is 142 Å². The molecule has 1 aromatic carbocycles. The first-order chi connectivity index (χ1) is 11.6. The number of benzene rings is 1. The van der Waals surface area contributed by atoms with E-state index in [2.05, 4.69) is 15.1 Å². The fourth-order valence-corrected chi connectivity index (χ4v) is 3.15. The second kappa shape index (κ2) is 7.00. The third-order valence-electron chi connectivity index (χ3n) is 3.44. The Morgan fingerprint density at radius 2 is 2.17 bits per heavy atom. The van der Waals surface area contributed by atoms with Gasteiger partial charge in [-0.05, 0) is 30.3 Å². The van der Waals surface area contributed by atoms with Crippen LogP contribution in [0.3, 0.4) is 0 Å². The van der Waals surface area contributed by atoms with Crippen LogP contribution in [0.15, 0.2) is 27.7 Å². The highest BCUT2D eigenvalue weighted by molar-refractivity contribution is 8.00. The van der Waals surface area contributed by atoms with Gasteiger partial charge in [-0.2, -0.15) is 0 Å². The van der Waals surface area contributed by atoms with E-state index in [0.717, 1.165) is 11.8 Å². The molecule has 8 nitrogen and oxygen atoms in total. The molecule has 0 radical (unpaired) electrons. The summed E-state index contributed by atoms with van der Waals surface area (Å²) in [6, 6.07) is 5.23. The summed E-state index contributed by atoms with van der Waals surface area (Å²) in [5.74, 6) is 0.507. The molecule has 2 heterocycles. The molecule has 1 N–H and O–H groups in total. The summed E-state index contributed by atoms with van der Waals surface area (Å²) in [7, 11) is 1.60. The predicted octanol–water partition coefficient (Wildman–Crippen LogP) is 0.853. The molecule has 1 aromatic heterocycles. The molecule has 0 saturated heterocycles. The molecule has 1 amide bonds. The van der Waals surface area contributed by atoms with E-state index in [1.165, 1.54) is 4.68 Å². The minimum atomic E-state index is -0.548. The van der Waals surface area contributed by atoms with Gasteiger partial charge in [-0.25, -0.2) is 0 Å². The van der Waals surface area contributed by atoms with Gasteiger partial charge >= 0.3 is 0 Å². The van der Waals surface area contributed by atoms with Crippen molar-refractivity contribution >= 4 is 23.4 Å². The Morgan fingerprint density at radius 1 is 1.42 bits per heavy atom. The van der Waals surface area contributed by atoms with Crippen LogP contribution in [0.25, 0.3) is 0 Å². The highest BCUT2D eigenvalue weighted by Gasteiger charge is 2.25. The van der Waals surface area contributed by atoms with Crippen molar-refractivity contribution in [1.29, 1.82) is 0 Å². The van der Waals surface area contributed by atoms with Crippen LogP contribution in [0, 0.1) is 0 Å². The van der Waals surface area contributed by atoms with E-state index < -0.39 is 11.2 Å². The van der Waals surface area contributed by atoms with Crippen molar-refractivity contribution in [2.75, 3.05) is 18.5 Å². The van der Waals surface area contributed by atoms with Crippen LogP contribution in [-0.2, 0) is 11.8 Å². The lowest BCUT2D eigenvalue weighted by molar-refractivity contribution is -0.772. The fraction of sp³-hybridized carbons (Fsp3) is 0.400. The third kappa shape index (κ3) is 3.40. The Kier molecular flexibility index (Phi) is 4.79. The molecule has 1 atom stereocenters. The number of rotatable bonds is 5. The number of nitrogens with one attached hydrogen (secondary N) is 1. The van der Waals surface area contributed by atoms with Crippen molar-refractivity contribution in [2.24, 2.45) is 7.05 Å². The van der Waals surface area contributed by atoms with Crippen molar-refractivity contribution in [2.45, 2.75) is 23.6 Å². The molecule has 2 aromatic rings. The molecule has 0 spiro atoms. The minimum absolute atomic E-state index is 0.209. The summed E-state index contributed by atoms with van der Waals surface area (Å²) in [6.07, 6.45) is 0.547. The normalized spacial score (nSPS) is 14.2. The van der Waals surface area contributed by atoms with Crippen LogP contribution in [0.2, 0.25) is 0 Å².